The third-order valence-corrected chi connectivity index (χ3v) is 7.59. The fourth-order valence-electron chi connectivity index (χ4n) is 5.64. The maximum Gasteiger partial charge on any atom is 0.147 e. The van der Waals surface area contributed by atoms with Crippen LogP contribution in [0.4, 0.5) is 0 Å². The van der Waals surface area contributed by atoms with E-state index < -0.39 is 0 Å². The SMILES string of the molecule is CC1=CC=C(c2cc3ccccc3n2C2CCN(Cc3ncnn3C)CC2)N2C1=NCN2C(C)C. The van der Waals surface area contributed by atoms with Crippen molar-refractivity contribution in [1.82, 2.24) is 34.2 Å². The molecule has 8 nitrogen and oxygen atoms in total. The number of hydrogen-bond donors (Lipinski definition) is 0. The van der Waals surface area contributed by atoms with Crippen LogP contribution in [0.2, 0.25) is 0 Å². The molecule has 3 aliphatic rings. The molecule has 0 radical (unpaired) electrons. The van der Waals surface area contributed by atoms with Crippen molar-refractivity contribution in [3.05, 3.63) is 65.9 Å². The van der Waals surface area contributed by atoms with Crippen molar-refractivity contribution in [3.8, 4) is 0 Å². The minimum Gasteiger partial charge on any atom is -0.336 e. The second-order valence-corrected chi connectivity index (χ2v) is 10.1. The van der Waals surface area contributed by atoms with Gasteiger partial charge in [0.25, 0.3) is 0 Å². The fourth-order valence-corrected chi connectivity index (χ4v) is 5.64. The Morgan fingerprint density at radius 2 is 1.89 bits per heavy atom. The molecule has 3 aliphatic heterocycles. The number of likely N-dealkylation sites (tertiary alicyclic amines) is 1. The molecule has 182 valence electrons. The first-order valence-electron chi connectivity index (χ1n) is 12.7. The van der Waals surface area contributed by atoms with Gasteiger partial charge in [-0.2, -0.15) is 10.1 Å². The van der Waals surface area contributed by atoms with E-state index in [0.717, 1.165) is 44.1 Å². The molecule has 0 atom stereocenters. The number of nitrogens with zero attached hydrogens (tertiary/aromatic N) is 8. The van der Waals surface area contributed by atoms with Crippen molar-refractivity contribution >= 4 is 22.4 Å². The van der Waals surface area contributed by atoms with Gasteiger partial charge in [0.2, 0.25) is 0 Å². The predicted molar refractivity (Wildman–Crippen MR) is 139 cm³/mol. The lowest BCUT2D eigenvalue weighted by Gasteiger charge is -2.38. The van der Waals surface area contributed by atoms with Crippen LogP contribution >= 0.6 is 0 Å². The molecule has 8 heteroatoms. The number of hydrogen-bond acceptors (Lipinski definition) is 6. The summed E-state index contributed by atoms with van der Waals surface area (Å²) in [5.74, 6) is 2.10. The number of piperidine rings is 1. The molecule has 1 fully saturated rings. The first-order valence-corrected chi connectivity index (χ1v) is 12.7. The zero-order chi connectivity index (χ0) is 24.1. The van der Waals surface area contributed by atoms with Crippen molar-refractivity contribution in [3.63, 3.8) is 0 Å². The van der Waals surface area contributed by atoms with Crippen LogP contribution in [-0.4, -0.2) is 65.9 Å². The van der Waals surface area contributed by atoms with Gasteiger partial charge in [-0.25, -0.2) is 9.98 Å². The highest BCUT2D eigenvalue weighted by Crippen LogP contribution is 2.38. The Kier molecular flexibility index (Phi) is 5.57. The Morgan fingerprint density at radius 1 is 1.09 bits per heavy atom. The normalized spacial score (nSPS) is 19.9. The highest BCUT2D eigenvalue weighted by atomic mass is 15.7. The number of benzene rings is 1. The van der Waals surface area contributed by atoms with Crippen LogP contribution in [-0.2, 0) is 13.6 Å². The Bertz CT molecular complexity index is 1330. The molecule has 1 aromatic carbocycles. The molecule has 1 saturated heterocycles. The number of hydrazine groups is 1. The second kappa shape index (κ2) is 8.77. The average Bonchev–Trinajstić information content (AvgIpc) is 3.57. The minimum absolute atomic E-state index is 0.368. The molecular formula is C27H34N8. The van der Waals surface area contributed by atoms with Crippen LogP contribution < -0.4 is 0 Å². The summed E-state index contributed by atoms with van der Waals surface area (Å²) in [5, 5.41) is 10.2. The topological polar surface area (TPSA) is 57.7 Å². The van der Waals surface area contributed by atoms with Crippen molar-refractivity contribution in [2.24, 2.45) is 12.0 Å². The number of fused-ring (bicyclic) bond motifs is 2. The average molecular weight is 471 g/mol. The van der Waals surface area contributed by atoms with E-state index in [4.69, 9.17) is 4.99 Å². The molecule has 0 unspecified atom stereocenters. The van der Waals surface area contributed by atoms with E-state index in [2.05, 4.69) is 92.8 Å². The monoisotopic (exact) mass is 470 g/mol. The number of rotatable bonds is 5. The van der Waals surface area contributed by atoms with E-state index in [1.807, 2.05) is 11.7 Å². The standard InChI is InChI=1S/C27H34N8/c1-19(2)33-18-29-27-20(3)9-10-24(35(27)33)25-15-21-7-5-6-8-23(21)34(25)22-11-13-32(14-12-22)16-26-28-17-30-31(26)4/h5-10,15,17,19,22H,11-14,16,18H2,1-4H3. The van der Waals surface area contributed by atoms with Crippen molar-refractivity contribution < 1.29 is 0 Å². The molecule has 6 rings (SSSR count). The molecule has 2 aromatic heterocycles. The van der Waals surface area contributed by atoms with Crippen LogP contribution in [0.5, 0.6) is 0 Å². The fraction of sp³-hybridized carbons (Fsp3) is 0.444. The Labute approximate surface area is 206 Å². The predicted octanol–water partition coefficient (Wildman–Crippen LogP) is 4.20. The molecule has 5 heterocycles. The van der Waals surface area contributed by atoms with Gasteiger partial charge in [-0.1, -0.05) is 24.3 Å². The molecule has 0 amide bonds. The van der Waals surface area contributed by atoms with Gasteiger partial charge in [-0.3, -0.25) is 14.6 Å². The van der Waals surface area contributed by atoms with Crippen LogP contribution in [0.25, 0.3) is 16.6 Å². The molecule has 35 heavy (non-hydrogen) atoms. The lowest BCUT2D eigenvalue weighted by molar-refractivity contribution is 0.0870. The molecule has 3 aromatic rings. The summed E-state index contributed by atoms with van der Waals surface area (Å²) in [4.78, 5) is 11.8. The van der Waals surface area contributed by atoms with Crippen molar-refractivity contribution in [2.75, 3.05) is 19.8 Å². The second-order valence-electron chi connectivity index (χ2n) is 10.1. The molecule has 0 bridgehead atoms. The first-order chi connectivity index (χ1) is 17.0. The Balaban J connectivity index is 1.35. The number of aliphatic imine (C=N–C) groups is 1. The zero-order valence-corrected chi connectivity index (χ0v) is 21.1. The quantitative estimate of drug-likeness (QED) is 0.559. The number of para-hydroxylation sites is 1. The smallest absolute Gasteiger partial charge is 0.147 e. The van der Waals surface area contributed by atoms with E-state index in [1.165, 1.54) is 27.9 Å². The molecular weight excluding hydrogens is 436 g/mol. The molecule has 0 N–H and O–H groups in total. The van der Waals surface area contributed by atoms with Gasteiger partial charge >= 0.3 is 0 Å². The van der Waals surface area contributed by atoms with E-state index in [-0.39, 0.29) is 0 Å². The van der Waals surface area contributed by atoms with Crippen molar-refractivity contribution in [2.45, 2.75) is 52.2 Å². The number of amidine groups is 1. The highest BCUT2D eigenvalue weighted by molar-refractivity contribution is 6.06. The van der Waals surface area contributed by atoms with Gasteiger partial charge in [-0.15, -0.1) is 0 Å². The van der Waals surface area contributed by atoms with Gasteiger partial charge in [0.1, 0.15) is 24.7 Å². The van der Waals surface area contributed by atoms with E-state index in [0.29, 0.717) is 18.8 Å². The largest absolute Gasteiger partial charge is 0.336 e. The van der Waals surface area contributed by atoms with Crippen LogP contribution in [0.15, 0.2) is 59.4 Å². The summed E-state index contributed by atoms with van der Waals surface area (Å²) in [6.07, 6.45) is 8.37. The van der Waals surface area contributed by atoms with E-state index >= 15 is 0 Å². The lowest BCUT2D eigenvalue weighted by Crippen LogP contribution is -2.45. The van der Waals surface area contributed by atoms with Crippen LogP contribution in [0, 0.1) is 0 Å². The Hall–Kier alpha value is -3.23. The third kappa shape index (κ3) is 3.81. The summed E-state index contributed by atoms with van der Waals surface area (Å²) < 4.78 is 4.48. The summed E-state index contributed by atoms with van der Waals surface area (Å²) in [6, 6.07) is 12.0. The summed E-state index contributed by atoms with van der Waals surface area (Å²) in [7, 11) is 1.97. The van der Waals surface area contributed by atoms with Gasteiger partial charge < -0.3 is 4.57 Å². The Morgan fingerprint density at radius 3 is 2.63 bits per heavy atom. The maximum atomic E-state index is 4.90. The van der Waals surface area contributed by atoms with Crippen LogP contribution in [0.1, 0.15) is 51.2 Å². The minimum atomic E-state index is 0.368. The number of aryl methyl sites for hydroxylation is 1. The van der Waals surface area contributed by atoms with E-state index in [1.54, 1.807) is 6.33 Å². The van der Waals surface area contributed by atoms with Gasteiger partial charge in [0.15, 0.2) is 0 Å². The summed E-state index contributed by atoms with van der Waals surface area (Å²) in [6.45, 7) is 10.3. The van der Waals surface area contributed by atoms with Gasteiger partial charge in [-0.05, 0) is 57.4 Å². The van der Waals surface area contributed by atoms with E-state index in [9.17, 15) is 0 Å². The maximum absolute atomic E-state index is 4.90. The zero-order valence-electron chi connectivity index (χ0n) is 21.1. The van der Waals surface area contributed by atoms with Gasteiger partial charge in [0, 0.05) is 43.1 Å². The summed E-state index contributed by atoms with van der Waals surface area (Å²) in [5.41, 5.74) is 5.03. The third-order valence-electron chi connectivity index (χ3n) is 7.59. The molecule has 0 saturated carbocycles. The number of allylic oxidation sites excluding steroid dienone is 2. The lowest BCUT2D eigenvalue weighted by atomic mass is 10.0. The van der Waals surface area contributed by atoms with Crippen molar-refractivity contribution in [1.29, 1.82) is 0 Å². The first kappa shape index (κ1) is 22.2. The van der Waals surface area contributed by atoms with Crippen LogP contribution in [0.3, 0.4) is 0 Å². The molecule has 0 spiro atoms. The summed E-state index contributed by atoms with van der Waals surface area (Å²) >= 11 is 0. The molecule has 0 aliphatic carbocycles. The highest BCUT2D eigenvalue weighted by Gasteiger charge is 2.36. The van der Waals surface area contributed by atoms with Gasteiger partial charge in [0.05, 0.1) is 17.9 Å². The number of aromatic nitrogens is 4.